The third-order valence-corrected chi connectivity index (χ3v) is 4.43. The molecule has 0 atom stereocenters. The van der Waals surface area contributed by atoms with Crippen molar-refractivity contribution in [2.24, 2.45) is 0 Å². The van der Waals surface area contributed by atoms with Crippen LogP contribution < -0.4 is 4.74 Å². The lowest BCUT2D eigenvalue weighted by atomic mass is 10.1. The van der Waals surface area contributed by atoms with Crippen molar-refractivity contribution >= 4 is 21.8 Å². The average Bonchev–Trinajstić information content (AvgIpc) is 3.11. The number of amides is 1. The van der Waals surface area contributed by atoms with Gasteiger partial charge in [0.05, 0.1) is 13.4 Å². The first-order valence-electron chi connectivity index (χ1n) is 7.81. The predicted octanol–water partition coefficient (Wildman–Crippen LogP) is 4.99. The summed E-state index contributed by atoms with van der Waals surface area (Å²) in [4.78, 5) is 14.5. The van der Waals surface area contributed by atoms with Crippen molar-refractivity contribution in [3.05, 3.63) is 76.7 Å². The van der Waals surface area contributed by atoms with Crippen LogP contribution in [0, 0.1) is 0 Å². The molecule has 25 heavy (non-hydrogen) atoms. The molecule has 0 N–H and O–H groups in total. The van der Waals surface area contributed by atoms with E-state index in [2.05, 4.69) is 15.9 Å². The SMILES string of the molecule is COc1ccc(Br)cc1CN(C)C(=O)c1occc1-c1ccccc1. The van der Waals surface area contributed by atoms with Crippen molar-refractivity contribution in [2.45, 2.75) is 6.54 Å². The van der Waals surface area contributed by atoms with Crippen molar-refractivity contribution < 1.29 is 13.9 Å². The normalized spacial score (nSPS) is 10.5. The second-order valence-electron chi connectivity index (χ2n) is 5.65. The highest BCUT2D eigenvalue weighted by Gasteiger charge is 2.21. The summed E-state index contributed by atoms with van der Waals surface area (Å²) < 4.78 is 11.8. The summed E-state index contributed by atoms with van der Waals surface area (Å²) in [5, 5.41) is 0. The van der Waals surface area contributed by atoms with E-state index in [9.17, 15) is 4.79 Å². The molecule has 2 aromatic carbocycles. The van der Waals surface area contributed by atoms with E-state index >= 15 is 0 Å². The molecule has 3 rings (SSSR count). The molecule has 0 radical (unpaired) electrons. The predicted molar refractivity (Wildman–Crippen MR) is 101 cm³/mol. The van der Waals surface area contributed by atoms with Crippen LogP contribution in [0.2, 0.25) is 0 Å². The van der Waals surface area contributed by atoms with Gasteiger partial charge in [-0.2, -0.15) is 0 Å². The Hall–Kier alpha value is -2.53. The highest BCUT2D eigenvalue weighted by Crippen LogP contribution is 2.28. The number of hydrogen-bond donors (Lipinski definition) is 0. The summed E-state index contributed by atoms with van der Waals surface area (Å²) in [6.07, 6.45) is 1.54. The van der Waals surface area contributed by atoms with E-state index in [1.165, 1.54) is 0 Å². The van der Waals surface area contributed by atoms with Gasteiger partial charge in [0.1, 0.15) is 5.75 Å². The van der Waals surface area contributed by atoms with Crippen LogP contribution in [-0.2, 0) is 6.54 Å². The number of carbonyl (C=O) groups is 1. The molecule has 128 valence electrons. The van der Waals surface area contributed by atoms with E-state index < -0.39 is 0 Å². The molecule has 0 aliphatic rings. The van der Waals surface area contributed by atoms with Crippen LogP contribution in [0.15, 0.2) is 69.8 Å². The Labute approximate surface area is 155 Å². The highest BCUT2D eigenvalue weighted by atomic mass is 79.9. The van der Waals surface area contributed by atoms with Gasteiger partial charge in [-0.3, -0.25) is 4.79 Å². The molecule has 0 saturated carbocycles. The van der Waals surface area contributed by atoms with Crippen molar-refractivity contribution in [3.63, 3.8) is 0 Å². The fraction of sp³-hybridized carbons (Fsp3) is 0.150. The van der Waals surface area contributed by atoms with Gasteiger partial charge in [0, 0.05) is 29.2 Å². The summed E-state index contributed by atoms with van der Waals surface area (Å²) in [6.45, 7) is 0.413. The number of ether oxygens (including phenoxy) is 1. The van der Waals surface area contributed by atoms with Gasteiger partial charge in [-0.15, -0.1) is 0 Å². The van der Waals surface area contributed by atoms with E-state index in [1.807, 2.05) is 54.6 Å². The topological polar surface area (TPSA) is 42.7 Å². The molecule has 0 spiro atoms. The Morgan fingerprint density at radius 2 is 1.92 bits per heavy atom. The van der Waals surface area contributed by atoms with Gasteiger partial charge in [0.2, 0.25) is 0 Å². The first kappa shape index (κ1) is 17.3. The number of methoxy groups -OCH3 is 1. The summed E-state index contributed by atoms with van der Waals surface area (Å²) in [7, 11) is 3.37. The number of benzene rings is 2. The highest BCUT2D eigenvalue weighted by molar-refractivity contribution is 9.10. The number of carbonyl (C=O) groups excluding carboxylic acids is 1. The van der Waals surface area contributed by atoms with E-state index in [4.69, 9.17) is 9.15 Å². The number of halogens is 1. The van der Waals surface area contributed by atoms with Crippen LogP contribution in [0.1, 0.15) is 16.1 Å². The third kappa shape index (κ3) is 3.77. The van der Waals surface area contributed by atoms with Crippen LogP contribution in [0.5, 0.6) is 5.75 Å². The Morgan fingerprint density at radius 3 is 2.64 bits per heavy atom. The van der Waals surface area contributed by atoms with Crippen LogP contribution in [0.4, 0.5) is 0 Å². The zero-order valence-corrected chi connectivity index (χ0v) is 15.6. The smallest absolute Gasteiger partial charge is 0.290 e. The zero-order chi connectivity index (χ0) is 17.8. The molecule has 1 amide bonds. The maximum absolute atomic E-state index is 12.9. The lowest BCUT2D eigenvalue weighted by Crippen LogP contribution is -2.26. The van der Waals surface area contributed by atoms with Gasteiger partial charge in [-0.25, -0.2) is 0 Å². The van der Waals surface area contributed by atoms with E-state index in [-0.39, 0.29) is 5.91 Å². The summed E-state index contributed by atoms with van der Waals surface area (Å²) in [5.41, 5.74) is 2.66. The molecule has 1 aromatic heterocycles. The van der Waals surface area contributed by atoms with E-state index in [0.717, 1.165) is 26.9 Å². The van der Waals surface area contributed by atoms with E-state index in [1.54, 1.807) is 25.3 Å². The monoisotopic (exact) mass is 399 g/mol. The minimum atomic E-state index is -0.175. The van der Waals surface area contributed by atoms with Gasteiger partial charge < -0.3 is 14.1 Å². The average molecular weight is 400 g/mol. The fourth-order valence-electron chi connectivity index (χ4n) is 2.69. The summed E-state index contributed by atoms with van der Waals surface area (Å²) in [5.74, 6) is 0.902. The number of nitrogens with zero attached hydrogens (tertiary/aromatic N) is 1. The largest absolute Gasteiger partial charge is 0.496 e. The van der Waals surface area contributed by atoms with E-state index in [0.29, 0.717) is 12.3 Å². The summed E-state index contributed by atoms with van der Waals surface area (Å²) in [6, 6.07) is 17.3. The molecule has 0 unspecified atom stereocenters. The minimum Gasteiger partial charge on any atom is -0.496 e. The summed E-state index contributed by atoms with van der Waals surface area (Å²) >= 11 is 3.46. The van der Waals surface area contributed by atoms with Gasteiger partial charge in [-0.1, -0.05) is 46.3 Å². The fourth-order valence-corrected chi connectivity index (χ4v) is 3.10. The third-order valence-electron chi connectivity index (χ3n) is 3.94. The molecule has 0 fully saturated rings. The van der Waals surface area contributed by atoms with Crippen LogP contribution in [0.3, 0.4) is 0 Å². The van der Waals surface area contributed by atoms with Crippen LogP contribution >= 0.6 is 15.9 Å². The minimum absolute atomic E-state index is 0.175. The van der Waals surface area contributed by atoms with Crippen molar-refractivity contribution in [3.8, 4) is 16.9 Å². The Bertz CT molecular complexity index is 874. The van der Waals surface area contributed by atoms with Crippen molar-refractivity contribution in [1.82, 2.24) is 4.90 Å². The first-order valence-corrected chi connectivity index (χ1v) is 8.60. The molecule has 0 aliphatic heterocycles. The van der Waals surface area contributed by atoms with Gasteiger partial charge >= 0.3 is 0 Å². The molecule has 0 bridgehead atoms. The lowest BCUT2D eigenvalue weighted by Gasteiger charge is -2.18. The second kappa shape index (κ2) is 7.57. The zero-order valence-electron chi connectivity index (χ0n) is 14.0. The quantitative estimate of drug-likeness (QED) is 0.606. The molecule has 5 heteroatoms. The first-order chi connectivity index (χ1) is 12.1. The molecule has 4 nitrogen and oxygen atoms in total. The van der Waals surface area contributed by atoms with Crippen molar-refractivity contribution in [2.75, 3.05) is 14.2 Å². The maximum atomic E-state index is 12.9. The van der Waals surface area contributed by atoms with Crippen molar-refractivity contribution in [1.29, 1.82) is 0 Å². The molecule has 0 aliphatic carbocycles. The van der Waals surface area contributed by atoms with Crippen LogP contribution in [0.25, 0.3) is 11.1 Å². The Balaban J connectivity index is 1.85. The molecule has 1 heterocycles. The van der Waals surface area contributed by atoms with Gasteiger partial charge in [0.25, 0.3) is 5.91 Å². The standard InChI is InChI=1S/C20H18BrNO3/c1-22(13-15-12-16(21)8-9-18(15)24-2)20(23)19-17(10-11-25-19)14-6-4-3-5-7-14/h3-12H,13H2,1-2H3. The Morgan fingerprint density at radius 1 is 1.16 bits per heavy atom. The molecular weight excluding hydrogens is 382 g/mol. The number of rotatable bonds is 5. The lowest BCUT2D eigenvalue weighted by molar-refractivity contribution is 0.0753. The molecule has 3 aromatic rings. The Kier molecular flexibility index (Phi) is 5.24. The molecular formula is C20H18BrNO3. The molecule has 0 saturated heterocycles. The van der Waals surface area contributed by atoms with Gasteiger partial charge in [-0.05, 0) is 29.8 Å². The number of furan rings is 1. The van der Waals surface area contributed by atoms with Crippen LogP contribution in [-0.4, -0.2) is 25.0 Å². The maximum Gasteiger partial charge on any atom is 0.290 e. The van der Waals surface area contributed by atoms with Gasteiger partial charge in [0.15, 0.2) is 5.76 Å². The number of hydrogen-bond acceptors (Lipinski definition) is 3. The second-order valence-corrected chi connectivity index (χ2v) is 6.56.